The lowest BCUT2D eigenvalue weighted by Gasteiger charge is -2.07. The van der Waals surface area contributed by atoms with E-state index in [0.29, 0.717) is 5.56 Å². The smallest absolute Gasteiger partial charge is 0.441 e. The van der Waals surface area contributed by atoms with E-state index in [9.17, 15) is 22.8 Å². The van der Waals surface area contributed by atoms with Gasteiger partial charge in [-0.2, -0.15) is 13.2 Å². The third-order valence-corrected chi connectivity index (χ3v) is 2.83. The monoisotopic (exact) mass is 320 g/mol. The quantitative estimate of drug-likeness (QED) is 0.620. The number of hydrogen-bond acceptors (Lipinski definition) is 4. The number of nitrogens with zero attached hydrogens (tertiary/aromatic N) is 1. The van der Waals surface area contributed by atoms with Crippen LogP contribution in [0.2, 0.25) is 0 Å². The van der Waals surface area contributed by atoms with Crippen LogP contribution < -0.4 is 5.32 Å². The van der Waals surface area contributed by atoms with Crippen LogP contribution in [-0.2, 0) is 4.79 Å². The van der Waals surface area contributed by atoms with Crippen molar-refractivity contribution >= 4 is 29.7 Å². The lowest BCUT2D eigenvalue weighted by atomic mass is 10.2. The molecule has 1 aromatic rings. The SMILES string of the molecule is O=C(O)/C=C/c1cncc(C(=O)NCCSC(F)(F)F)c1. The summed E-state index contributed by atoms with van der Waals surface area (Å²) in [6.45, 7) is -0.141. The van der Waals surface area contributed by atoms with Gasteiger partial charge in [0.25, 0.3) is 5.91 Å². The Bertz CT molecular complexity index is 547. The van der Waals surface area contributed by atoms with E-state index in [1.165, 1.54) is 24.5 Å². The fourth-order valence-corrected chi connectivity index (χ4v) is 1.71. The van der Waals surface area contributed by atoms with Crippen molar-refractivity contribution in [3.63, 3.8) is 0 Å². The zero-order valence-electron chi connectivity index (χ0n) is 10.6. The van der Waals surface area contributed by atoms with Gasteiger partial charge in [-0.15, -0.1) is 0 Å². The molecule has 0 spiro atoms. The number of thioether (sulfide) groups is 1. The van der Waals surface area contributed by atoms with Gasteiger partial charge in [-0.1, -0.05) is 0 Å². The van der Waals surface area contributed by atoms with E-state index in [1.807, 2.05) is 0 Å². The Balaban J connectivity index is 2.54. The van der Waals surface area contributed by atoms with Crippen LogP contribution >= 0.6 is 11.8 Å². The summed E-state index contributed by atoms with van der Waals surface area (Å²) in [5.74, 6) is -2.01. The number of aliphatic carboxylic acids is 1. The summed E-state index contributed by atoms with van der Waals surface area (Å²) < 4.78 is 35.7. The highest BCUT2D eigenvalue weighted by atomic mass is 32.2. The molecule has 114 valence electrons. The summed E-state index contributed by atoms with van der Waals surface area (Å²) in [5.41, 5.74) is -3.79. The number of hydrogen-bond donors (Lipinski definition) is 2. The van der Waals surface area contributed by atoms with E-state index >= 15 is 0 Å². The number of alkyl halides is 3. The van der Waals surface area contributed by atoms with Crippen molar-refractivity contribution in [3.05, 3.63) is 35.7 Å². The van der Waals surface area contributed by atoms with E-state index in [4.69, 9.17) is 5.11 Å². The molecule has 0 atom stereocenters. The summed E-state index contributed by atoms with van der Waals surface area (Å²) in [5, 5.41) is 10.8. The van der Waals surface area contributed by atoms with Gasteiger partial charge in [0.2, 0.25) is 0 Å². The first-order chi connectivity index (χ1) is 9.78. The van der Waals surface area contributed by atoms with Crippen LogP contribution in [0.25, 0.3) is 6.08 Å². The average Bonchev–Trinajstić information content (AvgIpc) is 2.40. The van der Waals surface area contributed by atoms with Gasteiger partial charge in [0.15, 0.2) is 0 Å². The fourth-order valence-electron chi connectivity index (χ4n) is 1.27. The molecule has 0 radical (unpaired) electrons. The minimum Gasteiger partial charge on any atom is -0.478 e. The van der Waals surface area contributed by atoms with Crippen molar-refractivity contribution in [1.82, 2.24) is 10.3 Å². The van der Waals surface area contributed by atoms with Gasteiger partial charge >= 0.3 is 11.5 Å². The number of rotatable bonds is 6. The summed E-state index contributed by atoms with van der Waals surface area (Å²) in [6, 6.07) is 1.39. The number of amides is 1. The first kappa shape index (κ1) is 17.0. The predicted molar refractivity (Wildman–Crippen MR) is 71.8 cm³/mol. The largest absolute Gasteiger partial charge is 0.478 e. The minimum absolute atomic E-state index is 0.138. The van der Waals surface area contributed by atoms with Crippen LogP contribution in [-0.4, -0.2) is 39.8 Å². The standard InChI is InChI=1S/C12H11F3N2O3S/c13-12(14,15)21-4-3-17-11(20)9-5-8(6-16-7-9)1-2-10(18)19/h1-2,5-7H,3-4H2,(H,17,20)(H,18,19)/b2-1+. The Labute approximate surface area is 122 Å². The highest BCUT2D eigenvalue weighted by molar-refractivity contribution is 8.00. The minimum atomic E-state index is -4.33. The van der Waals surface area contributed by atoms with Crippen LogP contribution in [0, 0.1) is 0 Å². The van der Waals surface area contributed by atoms with Crippen molar-refractivity contribution in [1.29, 1.82) is 0 Å². The maximum absolute atomic E-state index is 11.9. The third-order valence-electron chi connectivity index (χ3n) is 2.09. The average molecular weight is 320 g/mol. The Morgan fingerprint density at radius 1 is 1.38 bits per heavy atom. The van der Waals surface area contributed by atoms with Crippen LogP contribution in [0.5, 0.6) is 0 Å². The highest BCUT2D eigenvalue weighted by Gasteiger charge is 2.27. The molecule has 0 aliphatic heterocycles. The molecule has 1 rings (SSSR count). The third kappa shape index (κ3) is 7.35. The molecule has 9 heteroatoms. The van der Waals surface area contributed by atoms with Crippen molar-refractivity contribution < 1.29 is 27.9 Å². The maximum Gasteiger partial charge on any atom is 0.441 e. The molecule has 0 bridgehead atoms. The van der Waals surface area contributed by atoms with Crippen molar-refractivity contribution in [2.45, 2.75) is 5.51 Å². The maximum atomic E-state index is 11.9. The molecule has 0 unspecified atom stereocenters. The highest BCUT2D eigenvalue weighted by Crippen LogP contribution is 2.29. The predicted octanol–water partition coefficient (Wildman–Crippen LogP) is 2.16. The van der Waals surface area contributed by atoms with E-state index in [-0.39, 0.29) is 29.6 Å². The second-order valence-corrected chi connectivity index (χ2v) is 4.89. The Kier molecular flexibility index (Phi) is 6.22. The second kappa shape index (κ2) is 7.67. The molecule has 0 aliphatic rings. The van der Waals surface area contributed by atoms with E-state index in [1.54, 1.807) is 0 Å². The molecule has 0 aromatic carbocycles. The molecule has 2 N–H and O–H groups in total. The fraction of sp³-hybridized carbons (Fsp3) is 0.250. The summed E-state index contributed by atoms with van der Waals surface area (Å²) in [4.78, 5) is 25.8. The number of carboxylic acids is 1. The number of carbonyl (C=O) groups is 2. The van der Waals surface area contributed by atoms with E-state index in [2.05, 4.69) is 10.3 Å². The molecule has 0 saturated carbocycles. The molecular weight excluding hydrogens is 309 g/mol. The molecule has 5 nitrogen and oxygen atoms in total. The van der Waals surface area contributed by atoms with Gasteiger partial charge in [-0.3, -0.25) is 9.78 Å². The van der Waals surface area contributed by atoms with Crippen LogP contribution in [0.3, 0.4) is 0 Å². The number of pyridine rings is 1. The summed E-state index contributed by atoms with van der Waals surface area (Å²) >= 11 is -0.222. The normalized spacial score (nSPS) is 11.6. The first-order valence-corrected chi connectivity index (χ1v) is 6.61. The number of aromatic nitrogens is 1. The van der Waals surface area contributed by atoms with Crippen molar-refractivity contribution in [2.24, 2.45) is 0 Å². The molecule has 1 aromatic heterocycles. The van der Waals surface area contributed by atoms with Gasteiger partial charge in [0, 0.05) is 30.8 Å². The number of nitrogens with one attached hydrogen (secondary N) is 1. The zero-order valence-corrected chi connectivity index (χ0v) is 11.4. The number of carboxylic acid groups (broad SMARTS) is 1. The lowest BCUT2D eigenvalue weighted by molar-refractivity contribution is -0.131. The lowest BCUT2D eigenvalue weighted by Crippen LogP contribution is -2.26. The van der Waals surface area contributed by atoms with Crippen LogP contribution in [0.4, 0.5) is 13.2 Å². The van der Waals surface area contributed by atoms with Crippen molar-refractivity contribution in [2.75, 3.05) is 12.3 Å². The first-order valence-electron chi connectivity index (χ1n) is 5.63. The second-order valence-electron chi connectivity index (χ2n) is 3.73. The topological polar surface area (TPSA) is 79.3 Å². The molecule has 0 saturated heterocycles. The van der Waals surface area contributed by atoms with Crippen molar-refractivity contribution in [3.8, 4) is 0 Å². The molecule has 1 heterocycles. The van der Waals surface area contributed by atoms with E-state index < -0.39 is 17.4 Å². The van der Waals surface area contributed by atoms with Crippen LogP contribution in [0.15, 0.2) is 24.5 Å². The summed E-state index contributed by atoms with van der Waals surface area (Å²) in [6.07, 6.45) is 4.74. The Morgan fingerprint density at radius 3 is 2.71 bits per heavy atom. The Morgan fingerprint density at radius 2 is 2.10 bits per heavy atom. The zero-order chi connectivity index (χ0) is 15.9. The van der Waals surface area contributed by atoms with Gasteiger partial charge < -0.3 is 10.4 Å². The van der Waals surface area contributed by atoms with Gasteiger partial charge in [-0.05, 0) is 29.5 Å². The molecule has 1 amide bonds. The number of halogens is 3. The van der Waals surface area contributed by atoms with Crippen LogP contribution in [0.1, 0.15) is 15.9 Å². The van der Waals surface area contributed by atoms with Gasteiger partial charge in [0.05, 0.1) is 5.56 Å². The van der Waals surface area contributed by atoms with Gasteiger partial charge in [0.1, 0.15) is 0 Å². The molecule has 0 aliphatic carbocycles. The van der Waals surface area contributed by atoms with Gasteiger partial charge in [-0.25, -0.2) is 4.79 Å². The van der Waals surface area contributed by atoms with E-state index in [0.717, 1.165) is 6.08 Å². The summed E-state index contributed by atoms with van der Waals surface area (Å²) in [7, 11) is 0. The molecule has 21 heavy (non-hydrogen) atoms. The Hall–Kier alpha value is -2.03. The molecular formula is C12H11F3N2O3S. The number of carbonyl (C=O) groups excluding carboxylic acids is 1. The molecule has 0 fully saturated rings.